The summed E-state index contributed by atoms with van der Waals surface area (Å²) in [6, 6.07) is 3.17. The quantitative estimate of drug-likeness (QED) is 0.622. The Hall–Kier alpha value is -2.44. The highest BCUT2D eigenvalue weighted by atomic mass is 16.5. The Morgan fingerprint density at radius 3 is 2.62 bits per heavy atom. The number of ether oxygens (including phenoxy) is 1. The molecule has 1 heterocycles. The van der Waals surface area contributed by atoms with Gasteiger partial charge in [-0.3, -0.25) is 4.79 Å². The van der Waals surface area contributed by atoms with Crippen LogP contribution >= 0.6 is 0 Å². The van der Waals surface area contributed by atoms with Crippen molar-refractivity contribution in [3.63, 3.8) is 0 Å². The van der Waals surface area contributed by atoms with Crippen LogP contribution in [0.15, 0.2) is 30.4 Å². The molecule has 24 heavy (non-hydrogen) atoms. The Labute approximate surface area is 139 Å². The maximum Gasteiger partial charge on any atom is 0.342 e. The lowest BCUT2D eigenvalue weighted by Crippen LogP contribution is -2.32. The second kappa shape index (κ2) is 7.90. The van der Waals surface area contributed by atoms with Crippen LogP contribution in [0.3, 0.4) is 0 Å². The number of aromatic hydroxyl groups is 1. The first-order chi connectivity index (χ1) is 11.4. The molecule has 2 atom stereocenters. The van der Waals surface area contributed by atoms with Crippen LogP contribution in [0.5, 0.6) is 5.75 Å². The monoisotopic (exact) mass is 332 g/mol. The van der Waals surface area contributed by atoms with Crippen molar-refractivity contribution in [2.45, 2.75) is 32.0 Å². The van der Waals surface area contributed by atoms with Gasteiger partial charge >= 0.3 is 5.97 Å². The van der Waals surface area contributed by atoms with Gasteiger partial charge in [0.1, 0.15) is 17.4 Å². The van der Waals surface area contributed by atoms with Crippen molar-refractivity contribution in [2.75, 3.05) is 6.61 Å². The van der Waals surface area contributed by atoms with Crippen molar-refractivity contribution in [3.05, 3.63) is 47.1 Å². The lowest BCUT2D eigenvalue weighted by Gasteiger charge is -2.14. The van der Waals surface area contributed by atoms with Gasteiger partial charge in [-0.2, -0.15) is 0 Å². The predicted molar refractivity (Wildman–Crippen MR) is 87.6 cm³/mol. The lowest BCUT2D eigenvalue weighted by molar-refractivity contribution is -0.127. The number of fused-ring (bicyclic) bond motifs is 1. The van der Waals surface area contributed by atoms with Gasteiger partial charge in [0.25, 0.3) is 0 Å². The molecule has 0 bridgehead atoms. The normalized spacial score (nSPS) is 25.3. The van der Waals surface area contributed by atoms with Crippen LogP contribution in [-0.2, 0) is 9.53 Å². The summed E-state index contributed by atoms with van der Waals surface area (Å²) >= 11 is 0. The van der Waals surface area contributed by atoms with Crippen molar-refractivity contribution in [3.8, 4) is 5.75 Å². The smallest absolute Gasteiger partial charge is 0.342 e. The third-order valence-electron chi connectivity index (χ3n) is 3.63. The molecule has 0 saturated carbocycles. The van der Waals surface area contributed by atoms with E-state index in [-0.39, 0.29) is 30.8 Å². The molecule has 1 aliphatic rings. The van der Waals surface area contributed by atoms with Gasteiger partial charge in [0.2, 0.25) is 0 Å². The summed E-state index contributed by atoms with van der Waals surface area (Å²) in [6.07, 6.45) is 3.22. The first kappa shape index (κ1) is 17.9. The molecule has 1 aromatic rings. The van der Waals surface area contributed by atoms with E-state index >= 15 is 0 Å². The van der Waals surface area contributed by atoms with E-state index in [4.69, 9.17) is 4.74 Å². The van der Waals surface area contributed by atoms with Gasteiger partial charge in [-0.15, -0.1) is 0 Å². The van der Waals surface area contributed by atoms with E-state index in [1.54, 1.807) is 19.1 Å². The van der Waals surface area contributed by atoms with Gasteiger partial charge < -0.3 is 20.1 Å². The van der Waals surface area contributed by atoms with Crippen LogP contribution in [0.1, 0.15) is 34.3 Å². The summed E-state index contributed by atoms with van der Waals surface area (Å²) in [4.78, 5) is 23.9. The van der Waals surface area contributed by atoms with Gasteiger partial charge in [0.15, 0.2) is 5.78 Å². The van der Waals surface area contributed by atoms with E-state index in [1.165, 1.54) is 18.2 Å². The molecular weight excluding hydrogens is 312 g/mol. The number of benzene rings is 1. The summed E-state index contributed by atoms with van der Waals surface area (Å²) in [5.41, 5.74) is 1.24. The van der Waals surface area contributed by atoms with Crippen LogP contribution in [-0.4, -0.2) is 45.9 Å². The molecule has 1 aromatic carbocycles. The zero-order valence-electron chi connectivity index (χ0n) is 13.3. The molecule has 0 aliphatic carbocycles. The Morgan fingerprint density at radius 1 is 1.12 bits per heavy atom. The number of carbonyl (C=O) groups excluding carboxylic acids is 2. The third kappa shape index (κ3) is 4.31. The van der Waals surface area contributed by atoms with Gasteiger partial charge in [-0.25, -0.2) is 4.79 Å². The molecule has 3 N–H and O–H groups in total. The number of phenolic OH excluding ortho intramolecular Hbond substituents is 1. The number of hydrogen-bond donors (Lipinski definition) is 3. The number of esters is 1. The molecule has 0 aromatic heterocycles. The maximum atomic E-state index is 12.2. The molecule has 0 spiro atoms. The average Bonchev–Trinajstić information content (AvgIpc) is 2.51. The topological polar surface area (TPSA) is 104 Å². The minimum absolute atomic E-state index is 0.0178. The second-order valence-corrected chi connectivity index (χ2v) is 5.63. The van der Waals surface area contributed by atoms with E-state index in [9.17, 15) is 24.9 Å². The van der Waals surface area contributed by atoms with Crippen LogP contribution in [0.25, 0.3) is 6.08 Å². The second-order valence-electron chi connectivity index (χ2n) is 5.63. The minimum atomic E-state index is -1.51. The van der Waals surface area contributed by atoms with Crippen LogP contribution < -0.4 is 0 Å². The number of aliphatic hydroxyl groups excluding tert-OH is 2. The first-order valence-electron chi connectivity index (χ1n) is 7.64. The summed E-state index contributed by atoms with van der Waals surface area (Å²) in [7, 11) is 0. The van der Waals surface area contributed by atoms with E-state index in [2.05, 4.69) is 0 Å². The molecule has 0 radical (unpaired) electrons. The molecule has 1 aliphatic heterocycles. The largest absolute Gasteiger partial charge is 0.507 e. The fourth-order valence-corrected chi connectivity index (χ4v) is 2.39. The maximum absolute atomic E-state index is 12.2. The Balaban J connectivity index is 2.38. The molecule has 0 fully saturated rings. The number of rotatable bonds is 0. The summed E-state index contributed by atoms with van der Waals surface area (Å²) in [5, 5.41) is 29.7. The Kier molecular flexibility index (Phi) is 5.89. The van der Waals surface area contributed by atoms with Gasteiger partial charge in [-0.05, 0) is 43.0 Å². The van der Waals surface area contributed by atoms with Crippen LogP contribution in [0.2, 0.25) is 0 Å². The van der Waals surface area contributed by atoms with Crippen molar-refractivity contribution < 1.29 is 29.6 Å². The standard InChI is InChI=1S/C18H20O6/c1-11-9-12-5-4-7-14(20)17(22)13(19)6-2-3-8-24-18(23)16(12)15(21)10-11/h2,4-6,9-10,14,17,20-22H,3,7-8H2,1H3/b5-4+,6-2+/t14-,17+/m0/s1. The molecule has 0 unspecified atom stereocenters. The Morgan fingerprint density at radius 2 is 1.88 bits per heavy atom. The van der Waals surface area contributed by atoms with E-state index in [1.807, 2.05) is 0 Å². The van der Waals surface area contributed by atoms with E-state index in [0.717, 1.165) is 11.6 Å². The highest BCUT2D eigenvalue weighted by Gasteiger charge is 2.22. The van der Waals surface area contributed by atoms with E-state index < -0.39 is 24.0 Å². The number of phenols is 1. The van der Waals surface area contributed by atoms with Crippen molar-refractivity contribution in [1.29, 1.82) is 0 Å². The number of carbonyl (C=O) groups is 2. The molecule has 2 rings (SSSR count). The lowest BCUT2D eigenvalue weighted by atomic mass is 10.0. The zero-order chi connectivity index (χ0) is 17.7. The predicted octanol–water partition coefficient (Wildman–Crippen LogP) is 1.51. The number of ketones is 1. The van der Waals surface area contributed by atoms with Crippen LogP contribution in [0.4, 0.5) is 0 Å². The molecule has 6 heteroatoms. The first-order valence-corrected chi connectivity index (χ1v) is 7.64. The summed E-state index contributed by atoms with van der Waals surface area (Å²) in [5.74, 6) is -1.45. The van der Waals surface area contributed by atoms with E-state index in [0.29, 0.717) is 5.56 Å². The summed E-state index contributed by atoms with van der Waals surface area (Å²) in [6.45, 7) is 1.80. The van der Waals surface area contributed by atoms with Gasteiger partial charge in [0.05, 0.1) is 12.7 Å². The van der Waals surface area contributed by atoms with Gasteiger partial charge in [-0.1, -0.05) is 24.3 Å². The zero-order valence-corrected chi connectivity index (χ0v) is 13.3. The fourth-order valence-electron chi connectivity index (χ4n) is 2.39. The van der Waals surface area contributed by atoms with Gasteiger partial charge in [0, 0.05) is 0 Å². The molecule has 0 saturated heterocycles. The molecular formula is C18H20O6. The Bertz CT molecular complexity index is 689. The fraction of sp³-hybridized carbons (Fsp3) is 0.333. The number of aliphatic hydroxyl groups is 2. The molecule has 128 valence electrons. The number of hydrogen-bond acceptors (Lipinski definition) is 6. The van der Waals surface area contributed by atoms with Crippen molar-refractivity contribution >= 4 is 17.8 Å². The highest BCUT2D eigenvalue weighted by molar-refractivity contribution is 5.97. The summed E-state index contributed by atoms with van der Waals surface area (Å²) < 4.78 is 5.11. The van der Waals surface area contributed by atoms with Crippen molar-refractivity contribution in [2.24, 2.45) is 0 Å². The number of aryl methyl sites for hydroxylation is 1. The molecule has 6 nitrogen and oxygen atoms in total. The minimum Gasteiger partial charge on any atom is -0.507 e. The highest BCUT2D eigenvalue weighted by Crippen LogP contribution is 2.26. The number of cyclic esters (lactones) is 1. The average molecular weight is 332 g/mol. The van der Waals surface area contributed by atoms with Crippen molar-refractivity contribution in [1.82, 2.24) is 0 Å². The third-order valence-corrected chi connectivity index (χ3v) is 3.63. The van der Waals surface area contributed by atoms with Crippen LogP contribution in [0, 0.1) is 6.92 Å². The molecule has 0 amide bonds. The SMILES string of the molecule is Cc1cc(O)c2c(c1)/C=C/C[C@H](O)[C@H](O)C(=O)/C=C/CCOC2=O.